The number of hydrogen-bond acceptors (Lipinski definition) is 3. The lowest BCUT2D eigenvalue weighted by Crippen LogP contribution is -2.77. The second-order valence-corrected chi connectivity index (χ2v) is 5.58. The molecule has 0 fully saturated rings. The minimum atomic E-state index is 0.766. The molecule has 0 radical (unpaired) electrons. The van der Waals surface area contributed by atoms with Crippen LogP contribution in [0, 0.1) is 13.8 Å². The van der Waals surface area contributed by atoms with Gasteiger partial charge in [0.2, 0.25) is 0 Å². The van der Waals surface area contributed by atoms with E-state index in [2.05, 4.69) is 43.2 Å². The van der Waals surface area contributed by atoms with E-state index in [9.17, 15) is 0 Å². The van der Waals surface area contributed by atoms with Gasteiger partial charge >= 0.3 is 0 Å². The van der Waals surface area contributed by atoms with Gasteiger partial charge in [-0.05, 0) is 45.4 Å². The number of nitrogens with two attached hydrogens (primary N) is 1. The summed E-state index contributed by atoms with van der Waals surface area (Å²) in [6, 6.07) is 8.22. The Morgan fingerprint density at radius 2 is 1.91 bits per heavy atom. The number of fused-ring (bicyclic) bond motifs is 2. The predicted octanol–water partition coefficient (Wildman–Crippen LogP) is 2.68. The van der Waals surface area contributed by atoms with E-state index >= 15 is 0 Å². The highest BCUT2D eigenvalue weighted by atomic mass is 16.3. The molecule has 0 amide bonds. The Hall–Kier alpha value is -2.20. The van der Waals surface area contributed by atoms with Gasteiger partial charge in [0.15, 0.2) is 11.3 Å². The topological polar surface area (TPSA) is 55.0 Å². The Balaban J connectivity index is 2.28. The van der Waals surface area contributed by atoms with Crippen LogP contribution in [-0.4, -0.2) is 18.1 Å². The molecule has 3 rings (SSSR count). The molecule has 2 N–H and O–H groups in total. The molecule has 4 heteroatoms. The number of rotatable bonds is 3. The molecule has 1 aliphatic carbocycles. The molecule has 0 saturated carbocycles. The van der Waals surface area contributed by atoms with Crippen LogP contribution in [0.1, 0.15) is 25.0 Å². The maximum atomic E-state index is 6.09. The van der Waals surface area contributed by atoms with Gasteiger partial charge in [-0.1, -0.05) is 0 Å². The molecular formula is C18H22N3O+. The van der Waals surface area contributed by atoms with Crippen molar-refractivity contribution in [3.8, 4) is 11.5 Å². The van der Waals surface area contributed by atoms with E-state index in [4.69, 9.17) is 9.40 Å². The van der Waals surface area contributed by atoms with Crippen molar-refractivity contribution in [3.63, 3.8) is 0 Å². The molecule has 114 valence electrons. The smallest absolute Gasteiger partial charge is 0.159 e. The Morgan fingerprint density at radius 1 is 1.09 bits per heavy atom. The molecule has 0 saturated heterocycles. The zero-order chi connectivity index (χ0) is 15.7. The van der Waals surface area contributed by atoms with E-state index < -0.39 is 0 Å². The quantitative estimate of drug-likeness (QED) is 0.597. The largest absolute Gasteiger partial charge is 0.452 e. The molecule has 1 heterocycles. The molecule has 0 atom stereocenters. The van der Waals surface area contributed by atoms with E-state index in [0.29, 0.717) is 0 Å². The molecule has 1 aliphatic heterocycles. The summed E-state index contributed by atoms with van der Waals surface area (Å²) in [4.78, 5) is 9.26. The summed E-state index contributed by atoms with van der Waals surface area (Å²) < 4.78 is 6.09. The fourth-order valence-corrected chi connectivity index (χ4v) is 2.72. The third kappa shape index (κ3) is 2.62. The highest BCUT2D eigenvalue weighted by Gasteiger charge is 2.13. The molecule has 0 bridgehead atoms. The molecule has 2 aliphatic rings. The number of aromatic nitrogens is 1. The number of quaternary nitrogens is 1. The van der Waals surface area contributed by atoms with E-state index in [1.165, 1.54) is 11.3 Å². The summed E-state index contributed by atoms with van der Waals surface area (Å²) in [6.45, 7) is 10.1. The number of benzene rings is 2. The van der Waals surface area contributed by atoms with Gasteiger partial charge in [-0.15, -0.1) is 0 Å². The highest BCUT2D eigenvalue weighted by Crippen LogP contribution is 2.27. The van der Waals surface area contributed by atoms with E-state index in [1.54, 1.807) is 0 Å². The van der Waals surface area contributed by atoms with E-state index in [0.717, 1.165) is 46.6 Å². The van der Waals surface area contributed by atoms with Crippen molar-refractivity contribution in [2.45, 2.75) is 27.7 Å². The minimum Gasteiger partial charge on any atom is -0.452 e. The van der Waals surface area contributed by atoms with Crippen molar-refractivity contribution < 1.29 is 9.73 Å². The molecule has 1 aromatic carbocycles. The average Bonchev–Trinajstić information content (AvgIpc) is 2.48. The van der Waals surface area contributed by atoms with Crippen molar-refractivity contribution >= 4 is 16.8 Å². The standard InChI is InChI=1S/C18H21N3O/c1-5-19-13-9-17-15(7-11(13)3)21-16-8-12(4)14(20-6-2)10-18(16)22-17/h7-10,19H,5-6H2,1-4H3/p+1. The summed E-state index contributed by atoms with van der Waals surface area (Å²) in [5.74, 6) is 0.789. The van der Waals surface area contributed by atoms with Crippen molar-refractivity contribution in [2.24, 2.45) is 4.99 Å². The normalized spacial score (nSPS) is 12.5. The van der Waals surface area contributed by atoms with Crippen LogP contribution < -0.4 is 10.7 Å². The van der Waals surface area contributed by atoms with Crippen LogP contribution in [0.25, 0.3) is 22.6 Å². The maximum Gasteiger partial charge on any atom is 0.159 e. The Labute approximate surface area is 130 Å². The summed E-state index contributed by atoms with van der Waals surface area (Å²) in [7, 11) is 0. The monoisotopic (exact) mass is 296 g/mol. The number of hydrogen-bond donors (Lipinski definition) is 1. The third-order valence-electron chi connectivity index (χ3n) is 3.84. The molecule has 0 spiro atoms. The Kier molecular flexibility index (Phi) is 3.94. The van der Waals surface area contributed by atoms with Crippen LogP contribution >= 0.6 is 0 Å². The first-order valence-electron chi connectivity index (χ1n) is 7.82. The number of aryl methyl sites for hydroxylation is 2. The lowest BCUT2D eigenvalue weighted by Gasteiger charge is -2.09. The lowest BCUT2D eigenvalue weighted by atomic mass is 10.1. The van der Waals surface area contributed by atoms with Gasteiger partial charge in [0.1, 0.15) is 16.9 Å². The van der Waals surface area contributed by atoms with Crippen molar-refractivity contribution in [1.29, 1.82) is 0 Å². The van der Waals surface area contributed by atoms with Crippen molar-refractivity contribution in [3.05, 3.63) is 40.7 Å². The second kappa shape index (κ2) is 5.89. The fraction of sp³-hybridized carbons (Fsp3) is 0.333. The predicted molar refractivity (Wildman–Crippen MR) is 88.3 cm³/mol. The highest BCUT2D eigenvalue weighted by molar-refractivity contribution is 5.80. The van der Waals surface area contributed by atoms with Gasteiger partial charge < -0.3 is 9.73 Å². The van der Waals surface area contributed by atoms with Gasteiger partial charge in [0.25, 0.3) is 0 Å². The van der Waals surface area contributed by atoms with Crippen molar-refractivity contribution in [2.75, 3.05) is 13.1 Å². The third-order valence-corrected chi connectivity index (χ3v) is 3.84. The molecule has 0 aromatic heterocycles. The van der Waals surface area contributed by atoms with Gasteiger partial charge in [-0.2, -0.15) is 0 Å². The van der Waals surface area contributed by atoms with Crippen LogP contribution in [0.5, 0.6) is 0 Å². The number of nitrogens with zero attached hydrogens (tertiary/aromatic N) is 2. The average molecular weight is 296 g/mol. The first-order chi connectivity index (χ1) is 10.6. The van der Waals surface area contributed by atoms with Crippen molar-refractivity contribution in [1.82, 2.24) is 4.98 Å². The van der Waals surface area contributed by atoms with Gasteiger partial charge in [-0.3, -0.25) is 4.99 Å². The summed E-state index contributed by atoms with van der Waals surface area (Å²) in [5.41, 5.74) is 6.17. The molecule has 22 heavy (non-hydrogen) atoms. The lowest BCUT2D eigenvalue weighted by molar-refractivity contribution is -0.568. The zero-order valence-corrected chi connectivity index (χ0v) is 13.6. The van der Waals surface area contributed by atoms with Gasteiger partial charge in [-0.25, -0.2) is 4.98 Å². The van der Waals surface area contributed by atoms with Crippen LogP contribution in [0.3, 0.4) is 0 Å². The van der Waals surface area contributed by atoms with Gasteiger partial charge in [0.05, 0.1) is 11.9 Å². The summed E-state index contributed by atoms with van der Waals surface area (Å²) in [5, 5.41) is 3.19. The van der Waals surface area contributed by atoms with Crippen LogP contribution in [0.15, 0.2) is 33.7 Å². The SMILES string of the molecule is CCN=c1cc2oc3cc([NH2+]CC)c(C)cc3nc-2cc1C. The van der Waals surface area contributed by atoms with E-state index in [1.807, 2.05) is 19.1 Å². The zero-order valence-electron chi connectivity index (χ0n) is 13.6. The second-order valence-electron chi connectivity index (χ2n) is 5.58. The maximum absolute atomic E-state index is 6.09. The summed E-state index contributed by atoms with van der Waals surface area (Å²) >= 11 is 0. The molecule has 0 unspecified atom stereocenters. The molecule has 4 nitrogen and oxygen atoms in total. The van der Waals surface area contributed by atoms with Gasteiger partial charge in [0, 0.05) is 24.2 Å². The Bertz CT molecular complexity index is 864. The Morgan fingerprint density at radius 3 is 2.64 bits per heavy atom. The molecular weight excluding hydrogens is 274 g/mol. The fourth-order valence-electron chi connectivity index (χ4n) is 2.72. The van der Waals surface area contributed by atoms with Crippen LogP contribution in [0.4, 0.5) is 5.69 Å². The minimum absolute atomic E-state index is 0.766. The van der Waals surface area contributed by atoms with Crippen LogP contribution in [0.2, 0.25) is 0 Å². The van der Waals surface area contributed by atoms with E-state index in [-0.39, 0.29) is 0 Å². The summed E-state index contributed by atoms with van der Waals surface area (Å²) in [6.07, 6.45) is 0. The van der Waals surface area contributed by atoms with Crippen LogP contribution in [-0.2, 0) is 0 Å². The first kappa shape index (κ1) is 14.7. The molecule has 1 aromatic rings. The first-order valence-corrected chi connectivity index (χ1v) is 7.82.